The highest BCUT2D eigenvalue weighted by Gasteiger charge is 2.37. The number of benzene rings is 2. The Bertz CT molecular complexity index is 1040. The minimum absolute atomic E-state index is 0.00330. The molecule has 0 radical (unpaired) electrons. The average molecular weight is 453 g/mol. The van der Waals surface area contributed by atoms with Gasteiger partial charge in [-0.1, -0.05) is 39.0 Å². The maximum Gasteiger partial charge on any atom is 0.263 e. The fraction of sp³-hybridized carbons (Fsp3) is 0.481. The number of rotatable bonds is 4. The van der Waals surface area contributed by atoms with E-state index in [4.69, 9.17) is 4.74 Å². The van der Waals surface area contributed by atoms with Crippen LogP contribution in [-0.2, 0) is 16.0 Å². The lowest BCUT2D eigenvalue weighted by Gasteiger charge is -2.41. The quantitative estimate of drug-likeness (QED) is 0.674. The predicted molar refractivity (Wildman–Crippen MR) is 125 cm³/mol. The summed E-state index contributed by atoms with van der Waals surface area (Å²) in [6.45, 7) is 9.61. The zero-order valence-electron chi connectivity index (χ0n) is 19.9. The molecule has 2 amide bonds. The Morgan fingerprint density at radius 2 is 1.79 bits per heavy atom. The SMILES string of the molecule is CC(Oc1ccc2c(c1)C(c1cccc(F)c1)N(C(=O)C(C)(C)C)CC2)C(=O)N1CCCC1. The Balaban J connectivity index is 1.68. The lowest BCUT2D eigenvalue weighted by Crippen LogP contribution is -2.45. The van der Waals surface area contributed by atoms with Crippen LogP contribution in [0.5, 0.6) is 5.75 Å². The molecule has 2 unspecified atom stereocenters. The second-order valence-electron chi connectivity index (χ2n) is 10.1. The normalized spacial score (nSPS) is 19.2. The number of hydrogen-bond acceptors (Lipinski definition) is 3. The van der Waals surface area contributed by atoms with Crippen molar-refractivity contribution in [3.8, 4) is 5.75 Å². The van der Waals surface area contributed by atoms with Gasteiger partial charge < -0.3 is 14.5 Å². The molecular weight excluding hydrogens is 419 g/mol. The number of likely N-dealkylation sites (tertiary alicyclic amines) is 1. The lowest BCUT2D eigenvalue weighted by atomic mass is 9.85. The van der Waals surface area contributed by atoms with E-state index in [1.807, 2.05) is 54.8 Å². The number of carbonyl (C=O) groups excluding carboxylic acids is 2. The van der Waals surface area contributed by atoms with Gasteiger partial charge in [0.05, 0.1) is 6.04 Å². The number of halogens is 1. The minimum atomic E-state index is -0.593. The summed E-state index contributed by atoms with van der Waals surface area (Å²) in [5.74, 6) is 0.267. The highest BCUT2D eigenvalue weighted by molar-refractivity contribution is 5.83. The van der Waals surface area contributed by atoms with E-state index in [2.05, 4.69) is 0 Å². The summed E-state index contributed by atoms with van der Waals surface area (Å²) in [4.78, 5) is 29.8. The monoisotopic (exact) mass is 452 g/mol. The van der Waals surface area contributed by atoms with Crippen molar-refractivity contribution in [2.24, 2.45) is 5.41 Å². The summed E-state index contributed by atoms with van der Waals surface area (Å²) < 4.78 is 20.2. The van der Waals surface area contributed by atoms with Crippen LogP contribution in [0.25, 0.3) is 0 Å². The summed E-state index contributed by atoms with van der Waals surface area (Å²) in [5.41, 5.74) is 2.19. The minimum Gasteiger partial charge on any atom is -0.481 e. The molecule has 2 aliphatic heterocycles. The van der Waals surface area contributed by atoms with Crippen molar-refractivity contribution < 1.29 is 18.7 Å². The summed E-state index contributed by atoms with van der Waals surface area (Å²) in [6, 6.07) is 11.8. The first-order valence-electron chi connectivity index (χ1n) is 11.8. The fourth-order valence-electron chi connectivity index (χ4n) is 4.80. The van der Waals surface area contributed by atoms with Gasteiger partial charge in [0.25, 0.3) is 5.91 Å². The van der Waals surface area contributed by atoms with E-state index in [9.17, 15) is 14.0 Å². The van der Waals surface area contributed by atoms with E-state index in [0.717, 1.165) is 42.6 Å². The highest BCUT2D eigenvalue weighted by atomic mass is 19.1. The molecule has 176 valence electrons. The molecule has 33 heavy (non-hydrogen) atoms. The summed E-state index contributed by atoms with van der Waals surface area (Å²) >= 11 is 0. The van der Waals surface area contributed by atoms with Crippen molar-refractivity contribution in [3.05, 3.63) is 65.0 Å². The fourth-order valence-corrected chi connectivity index (χ4v) is 4.80. The van der Waals surface area contributed by atoms with E-state index in [0.29, 0.717) is 18.7 Å². The van der Waals surface area contributed by atoms with Gasteiger partial charge in [-0.3, -0.25) is 9.59 Å². The number of nitrogens with zero attached hydrogens (tertiary/aromatic N) is 2. The predicted octanol–water partition coefficient (Wildman–Crippen LogP) is 4.74. The van der Waals surface area contributed by atoms with Gasteiger partial charge in [0.2, 0.25) is 5.91 Å². The molecule has 1 saturated heterocycles. The number of amides is 2. The van der Waals surface area contributed by atoms with Gasteiger partial charge in [0.15, 0.2) is 6.10 Å². The Hall–Kier alpha value is -2.89. The molecule has 2 aliphatic rings. The summed E-state index contributed by atoms with van der Waals surface area (Å²) in [7, 11) is 0. The van der Waals surface area contributed by atoms with Gasteiger partial charge in [-0.25, -0.2) is 4.39 Å². The Morgan fingerprint density at radius 1 is 1.06 bits per heavy atom. The second kappa shape index (κ2) is 9.16. The third-order valence-corrected chi connectivity index (χ3v) is 6.49. The van der Waals surface area contributed by atoms with E-state index >= 15 is 0 Å². The van der Waals surface area contributed by atoms with Crippen molar-refractivity contribution >= 4 is 11.8 Å². The molecule has 0 aliphatic carbocycles. The lowest BCUT2D eigenvalue weighted by molar-refractivity contribution is -0.141. The summed E-state index contributed by atoms with van der Waals surface area (Å²) in [6.07, 6.45) is 2.18. The Labute approximate surface area is 195 Å². The standard InChI is InChI=1S/C27H33FN2O3/c1-18(25(31)29-13-5-6-14-29)33-22-11-10-19-12-15-30(26(32)27(2,3)4)24(23(19)17-22)20-8-7-9-21(28)16-20/h7-11,16-18,24H,5-6,12-15H2,1-4H3. The van der Waals surface area contributed by atoms with Crippen molar-refractivity contribution in [1.82, 2.24) is 9.80 Å². The zero-order chi connectivity index (χ0) is 23.8. The van der Waals surface area contributed by atoms with Crippen LogP contribution in [0, 0.1) is 11.2 Å². The number of hydrogen-bond donors (Lipinski definition) is 0. The molecule has 2 heterocycles. The van der Waals surface area contributed by atoms with Crippen LogP contribution in [-0.4, -0.2) is 47.4 Å². The second-order valence-corrected chi connectivity index (χ2v) is 10.1. The smallest absolute Gasteiger partial charge is 0.263 e. The molecule has 5 nitrogen and oxygen atoms in total. The molecule has 0 spiro atoms. The topological polar surface area (TPSA) is 49.9 Å². The van der Waals surface area contributed by atoms with Crippen LogP contribution < -0.4 is 4.74 Å². The van der Waals surface area contributed by atoms with Gasteiger partial charge in [-0.2, -0.15) is 0 Å². The van der Waals surface area contributed by atoms with Gasteiger partial charge in [-0.15, -0.1) is 0 Å². The molecule has 0 bridgehead atoms. The summed E-state index contributed by atoms with van der Waals surface area (Å²) in [5, 5.41) is 0. The van der Waals surface area contributed by atoms with Crippen molar-refractivity contribution in [3.63, 3.8) is 0 Å². The molecule has 0 aromatic heterocycles. The van der Waals surface area contributed by atoms with Crippen LogP contribution >= 0.6 is 0 Å². The maximum atomic E-state index is 14.2. The number of carbonyl (C=O) groups is 2. The Kier molecular flexibility index (Phi) is 6.46. The molecule has 2 atom stereocenters. The third kappa shape index (κ3) is 4.90. The van der Waals surface area contributed by atoms with Crippen LogP contribution in [0.1, 0.15) is 63.3 Å². The zero-order valence-corrected chi connectivity index (χ0v) is 19.9. The molecule has 6 heteroatoms. The van der Waals surface area contributed by atoms with Gasteiger partial charge in [-0.05, 0) is 67.1 Å². The first kappa shape index (κ1) is 23.3. The maximum absolute atomic E-state index is 14.2. The van der Waals surface area contributed by atoms with Crippen LogP contribution in [0.15, 0.2) is 42.5 Å². The van der Waals surface area contributed by atoms with Crippen LogP contribution in [0.2, 0.25) is 0 Å². The largest absolute Gasteiger partial charge is 0.481 e. The van der Waals surface area contributed by atoms with E-state index in [1.165, 1.54) is 12.1 Å². The van der Waals surface area contributed by atoms with Gasteiger partial charge in [0, 0.05) is 25.0 Å². The first-order valence-corrected chi connectivity index (χ1v) is 11.8. The van der Waals surface area contributed by atoms with E-state index in [-0.39, 0.29) is 17.6 Å². The molecule has 0 saturated carbocycles. The van der Waals surface area contributed by atoms with E-state index in [1.54, 1.807) is 13.0 Å². The number of fused-ring (bicyclic) bond motifs is 1. The first-order chi connectivity index (χ1) is 15.6. The van der Waals surface area contributed by atoms with Crippen molar-refractivity contribution in [1.29, 1.82) is 0 Å². The van der Waals surface area contributed by atoms with Crippen LogP contribution in [0.4, 0.5) is 4.39 Å². The van der Waals surface area contributed by atoms with Crippen LogP contribution in [0.3, 0.4) is 0 Å². The third-order valence-electron chi connectivity index (χ3n) is 6.49. The molecule has 2 aromatic carbocycles. The molecule has 2 aromatic rings. The van der Waals surface area contributed by atoms with Crippen molar-refractivity contribution in [2.45, 2.75) is 59.1 Å². The molecule has 1 fully saturated rings. The van der Waals surface area contributed by atoms with E-state index < -0.39 is 17.6 Å². The average Bonchev–Trinajstić information content (AvgIpc) is 3.31. The molecule has 0 N–H and O–H groups in total. The van der Waals surface area contributed by atoms with Gasteiger partial charge in [0.1, 0.15) is 11.6 Å². The van der Waals surface area contributed by atoms with Gasteiger partial charge >= 0.3 is 0 Å². The number of ether oxygens (including phenoxy) is 1. The molecular formula is C27H33FN2O3. The van der Waals surface area contributed by atoms with Crippen molar-refractivity contribution in [2.75, 3.05) is 19.6 Å². The Morgan fingerprint density at radius 3 is 2.45 bits per heavy atom. The molecule has 4 rings (SSSR count). The highest BCUT2D eigenvalue weighted by Crippen LogP contribution is 2.39.